The maximum absolute atomic E-state index is 12.1. The van der Waals surface area contributed by atoms with E-state index in [9.17, 15) is 9.59 Å². The molecule has 0 saturated carbocycles. The van der Waals surface area contributed by atoms with Crippen molar-refractivity contribution in [1.82, 2.24) is 10.2 Å². The van der Waals surface area contributed by atoms with E-state index in [-0.39, 0.29) is 6.03 Å². The number of nitrogens with zero attached hydrogens (tertiary/aromatic N) is 1. The third-order valence-electron chi connectivity index (χ3n) is 3.36. The van der Waals surface area contributed by atoms with Gasteiger partial charge in [-0.25, -0.2) is 9.59 Å². The van der Waals surface area contributed by atoms with Crippen LogP contribution in [0.25, 0.3) is 0 Å². The van der Waals surface area contributed by atoms with E-state index in [1.54, 1.807) is 16.7 Å². The molecule has 2 N–H and O–H groups in total. The van der Waals surface area contributed by atoms with Crippen LogP contribution in [0.3, 0.4) is 0 Å². The smallest absolute Gasteiger partial charge is 0.326 e. The topological polar surface area (TPSA) is 69.6 Å². The second kappa shape index (κ2) is 7.62. The molecule has 0 aliphatic carbocycles. The third kappa shape index (κ3) is 5.30. The summed E-state index contributed by atoms with van der Waals surface area (Å²) in [6, 6.07) is -1.03. The molecule has 3 atom stereocenters. The van der Waals surface area contributed by atoms with Gasteiger partial charge in [-0.15, -0.1) is 0 Å². The molecule has 1 heterocycles. The van der Waals surface area contributed by atoms with E-state index < -0.39 is 12.0 Å². The van der Waals surface area contributed by atoms with Crippen molar-refractivity contribution in [2.45, 2.75) is 32.7 Å². The third-order valence-corrected chi connectivity index (χ3v) is 4.01. The summed E-state index contributed by atoms with van der Waals surface area (Å²) < 4.78 is 0. The Morgan fingerprint density at radius 1 is 1.37 bits per heavy atom. The number of carbonyl (C=O) groups is 2. The largest absolute Gasteiger partial charge is 0.480 e. The van der Waals surface area contributed by atoms with Gasteiger partial charge in [0.05, 0.1) is 0 Å². The maximum atomic E-state index is 12.1. The fraction of sp³-hybridized carbons (Fsp3) is 0.846. The first-order chi connectivity index (χ1) is 8.93. The zero-order valence-corrected chi connectivity index (χ0v) is 12.7. The number of thioether (sulfide) groups is 1. The number of nitrogens with one attached hydrogen (secondary N) is 1. The molecule has 0 unspecified atom stereocenters. The molecule has 1 fully saturated rings. The number of carbonyl (C=O) groups excluding carboxylic acids is 1. The molecule has 1 saturated heterocycles. The lowest BCUT2D eigenvalue weighted by Crippen LogP contribution is -2.52. The van der Waals surface area contributed by atoms with E-state index in [0.717, 1.165) is 12.2 Å². The molecule has 19 heavy (non-hydrogen) atoms. The molecule has 1 aliphatic heterocycles. The Kier molecular flexibility index (Phi) is 6.48. The van der Waals surface area contributed by atoms with Gasteiger partial charge in [0, 0.05) is 13.1 Å². The summed E-state index contributed by atoms with van der Waals surface area (Å²) in [4.78, 5) is 25.0. The van der Waals surface area contributed by atoms with Crippen LogP contribution in [0.2, 0.25) is 0 Å². The highest BCUT2D eigenvalue weighted by molar-refractivity contribution is 7.98. The number of hydrogen-bond donors (Lipinski definition) is 2. The fourth-order valence-electron chi connectivity index (χ4n) is 2.56. The summed E-state index contributed by atoms with van der Waals surface area (Å²) in [6.45, 7) is 5.67. The highest BCUT2D eigenvalue weighted by Crippen LogP contribution is 2.20. The first-order valence-corrected chi connectivity index (χ1v) is 8.10. The lowest BCUT2D eigenvalue weighted by molar-refractivity contribution is -0.139. The average molecular weight is 288 g/mol. The lowest BCUT2D eigenvalue weighted by Gasteiger charge is -2.35. The van der Waals surface area contributed by atoms with E-state index in [4.69, 9.17) is 5.11 Å². The molecule has 6 heteroatoms. The van der Waals surface area contributed by atoms with Crippen molar-refractivity contribution in [2.75, 3.05) is 25.1 Å². The predicted octanol–water partition coefficient (Wildman–Crippen LogP) is 1.88. The average Bonchev–Trinajstić information content (AvgIpc) is 2.32. The summed E-state index contributed by atoms with van der Waals surface area (Å²) in [5.74, 6) is 0.720. The van der Waals surface area contributed by atoms with Crippen molar-refractivity contribution < 1.29 is 14.7 Å². The molecule has 0 radical (unpaired) electrons. The number of amides is 2. The SMILES string of the molecule is CSCC[C@H](NC(=O)N1C[C@@H](C)C[C@H](C)C1)C(=O)O. The zero-order chi connectivity index (χ0) is 14.4. The number of aliphatic carboxylic acids is 1. The Morgan fingerprint density at radius 2 is 1.95 bits per heavy atom. The van der Waals surface area contributed by atoms with Gasteiger partial charge in [0.1, 0.15) is 6.04 Å². The number of piperidine rings is 1. The van der Waals surface area contributed by atoms with E-state index in [0.29, 0.717) is 31.3 Å². The van der Waals surface area contributed by atoms with Crippen molar-refractivity contribution in [1.29, 1.82) is 0 Å². The fourth-order valence-corrected chi connectivity index (χ4v) is 3.03. The molecule has 110 valence electrons. The molecular formula is C13H24N2O3S. The van der Waals surface area contributed by atoms with Crippen LogP contribution in [0, 0.1) is 11.8 Å². The summed E-state index contributed by atoms with van der Waals surface area (Å²) in [5.41, 5.74) is 0. The van der Waals surface area contributed by atoms with Gasteiger partial charge in [-0.2, -0.15) is 11.8 Å². The van der Waals surface area contributed by atoms with Crippen molar-refractivity contribution in [3.63, 3.8) is 0 Å². The second-order valence-electron chi connectivity index (χ2n) is 5.47. The first kappa shape index (κ1) is 16.1. The number of carboxylic acid groups (broad SMARTS) is 1. The van der Waals surface area contributed by atoms with Gasteiger partial charge in [-0.05, 0) is 36.7 Å². The van der Waals surface area contributed by atoms with Gasteiger partial charge < -0.3 is 15.3 Å². The van der Waals surface area contributed by atoms with Gasteiger partial charge in [-0.1, -0.05) is 13.8 Å². The number of likely N-dealkylation sites (tertiary alicyclic amines) is 1. The Balaban J connectivity index is 2.53. The molecule has 0 aromatic heterocycles. The van der Waals surface area contributed by atoms with Gasteiger partial charge >= 0.3 is 12.0 Å². The van der Waals surface area contributed by atoms with E-state index in [1.807, 2.05) is 6.26 Å². The molecule has 1 rings (SSSR count). The van der Waals surface area contributed by atoms with Crippen LogP contribution >= 0.6 is 11.8 Å². The minimum Gasteiger partial charge on any atom is -0.480 e. The van der Waals surface area contributed by atoms with Crippen LogP contribution in [0.5, 0.6) is 0 Å². The number of rotatable bonds is 5. The predicted molar refractivity (Wildman–Crippen MR) is 77.5 cm³/mol. The Bertz CT molecular complexity index is 315. The van der Waals surface area contributed by atoms with Crippen LogP contribution in [0.15, 0.2) is 0 Å². The Labute approximate surface area is 119 Å². The molecule has 0 spiro atoms. The minimum absolute atomic E-state index is 0.244. The summed E-state index contributed by atoms with van der Waals surface area (Å²) >= 11 is 1.58. The monoisotopic (exact) mass is 288 g/mol. The van der Waals surface area contributed by atoms with Crippen molar-refractivity contribution >= 4 is 23.8 Å². The van der Waals surface area contributed by atoms with Gasteiger partial charge in [0.25, 0.3) is 0 Å². The van der Waals surface area contributed by atoms with Crippen LogP contribution in [-0.2, 0) is 4.79 Å². The Morgan fingerprint density at radius 3 is 2.42 bits per heavy atom. The van der Waals surface area contributed by atoms with Crippen LogP contribution in [-0.4, -0.2) is 53.1 Å². The number of carboxylic acids is 1. The molecule has 5 nitrogen and oxygen atoms in total. The molecular weight excluding hydrogens is 264 g/mol. The maximum Gasteiger partial charge on any atom is 0.326 e. The zero-order valence-electron chi connectivity index (χ0n) is 11.9. The van der Waals surface area contributed by atoms with Crippen molar-refractivity contribution in [3.8, 4) is 0 Å². The van der Waals surface area contributed by atoms with Crippen LogP contribution in [0.1, 0.15) is 26.7 Å². The van der Waals surface area contributed by atoms with Gasteiger partial charge in [0.2, 0.25) is 0 Å². The summed E-state index contributed by atoms with van der Waals surface area (Å²) in [6.07, 6.45) is 3.51. The second-order valence-corrected chi connectivity index (χ2v) is 6.46. The van der Waals surface area contributed by atoms with E-state index in [1.165, 1.54) is 0 Å². The number of urea groups is 1. The van der Waals surface area contributed by atoms with Crippen LogP contribution in [0.4, 0.5) is 4.79 Å². The van der Waals surface area contributed by atoms with Crippen molar-refractivity contribution in [3.05, 3.63) is 0 Å². The normalized spacial score (nSPS) is 24.9. The van der Waals surface area contributed by atoms with Crippen molar-refractivity contribution in [2.24, 2.45) is 11.8 Å². The minimum atomic E-state index is -0.958. The lowest BCUT2D eigenvalue weighted by atomic mass is 9.92. The Hall–Kier alpha value is -0.910. The van der Waals surface area contributed by atoms with E-state index in [2.05, 4.69) is 19.2 Å². The van der Waals surface area contributed by atoms with Gasteiger partial charge in [0.15, 0.2) is 0 Å². The molecule has 2 amide bonds. The van der Waals surface area contributed by atoms with E-state index >= 15 is 0 Å². The highest BCUT2D eigenvalue weighted by atomic mass is 32.2. The summed E-state index contributed by atoms with van der Waals surface area (Å²) in [5, 5.41) is 11.7. The molecule has 0 aromatic carbocycles. The summed E-state index contributed by atoms with van der Waals surface area (Å²) in [7, 11) is 0. The standard InChI is InChI=1S/C13H24N2O3S/c1-9-6-10(2)8-15(7-9)13(18)14-11(12(16)17)4-5-19-3/h9-11H,4-8H2,1-3H3,(H,14,18)(H,16,17)/t9-,10-,11-/m0/s1. The highest BCUT2D eigenvalue weighted by Gasteiger charge is 2.28. The van der Waals surface area contributed by atoms with Gasteiger partial charge in [-0.3, -0.25) is 0 Å². The molecule has 0 aromatic rings. The quantitative estimate of drug-likeness (QED) is 0.810. The van der Waals surface area contributed by atoms with Crippen LogP contribution < -0.4 is 5.32 Å². The molecule has 1 aliphatic rings. The molecule has 0 bridgehead atoms. The first-order valence-electron chi connectivity index (χ1n) is 6.71. The number of hydrogen-bond acceptors (Lipinski definition) is 3.